The van der Waals surface area contributed by atoms with Gasteiger partial charge in [0.15, 0.2) is 0 Å². The second kappa shape index (κ2) is 10.5. The smallest absolute Gasteiger partial charge is 0.419 e. The molecule has 8 nitrogen and oxygen atoms in total. The Bertz CT molecular complexity index is 1080. The quantitative estimate of drug-likeness (QED) is 0.574. The Kier molecular flexibility index (Phi) is 7.89. The molecule has 3 rings (SSSR count). The van der Waals surface area contributed by atoms with Crippen LogP contribution in [0.15, 0.2) is 34.4 Å². The molecule has 1 aromatic heterocycles. The number of fused-ring (bicyclic) bond motifs is 1. The molecule has 0 aliphatic carbocycles. The van der Waals surface area contributed by atoms with Gasteiger partial charge in [-0.3, -0.25) is 4.57 Å². The molecule has 0 N–H and O–H groups in total. The van der Waals surface area contributed by atoms with Crippen molar-refractivity contribution in [1.82, 2.24) is 4.57 Å². The van der Waals surface area contributed by atoms with Crippen LogP contribution >= 0.6 is 0 Å². The van der Waals surface area contributed by atoms with E-state index in [0.29, 0.717) is 42.7 Å². The van der Waals surface area contributed by atoms with Crippen LogP contribution in [0, 0.1) is 5.92 Å². The second-order valence-corrected chi connectivity index (χ2v) is 9.57. The number of benzene rings is 1. The summed E-state index contributed by atoms with van der Waals surface area (Å²) in [6, 6.07) is 5.06. The fraction of sp³-hybridized carbons (Fsp3) is 0.577. The molecule has 1 aromatic carbocycles. The molecule has 0 radical (unpaired) electrons. The fourth-order valence-electron chi connectivity index (χ4n) is 4.01. The third-order valence-corrected chi connectivity index (χ3v) is 5.40. The van der Waals surface area contributed by atoms with Crippen molar-refractivity contribution in [2.75, 3.05) is 20.3 Å². The van der Waals surface area contributed by atoms with Gasteiger partial charge in [0.1, 0.15) is 23.4 Å². The molecule has 0 saturated heterocycles. The Morgan fingerprint density at radius 3 is 2.35 bits per heavy atom. The van der Waals surface area contributed by atoms with E-state index in [1.165, 1.54) is 4.57 Å². The van der Waals surface area contributed by atoms with Crippen LogP contribution in [-0.4, -0.2) is 60.5 Å². The van der Waals surface area contributed by atoms with Crippen molar-refractivity contribution in [2.45, 2.75) is 72.6 Å². The van der Waals surface area contributed by atoms with E-state index in [9.17, 15) is 4.79 Å². The van der Waals surface area contributed by atoms with Crippen LogP contribution in [0.1, 0.15) is 54.0 Å². The van der Waals surface area contributed by atoms with Crippen molar-refractivity contribution in [2.24, 2.45) is 15.9 Å². The van der Waals surface area contributed by atoms with E-state index in [-0.39, 0.29) is 18.0 Å². The number of carbonyl (C=O) groups excluding carboxylic acids is 1. The summed E-state index contributed by atoms with van der Waals surface area (Å²) in [6.07, 6.45) is 1.82. The van der Waals surface area contributed by atoms with Crippen molar-refractivity contribution in [3.8, 4) is 5.75 Å². The number of carbonyl (C=O) groups is 1. The van der Waals surface area contributed by atoms with Gasteiger partial charge in [0.25, 0.3) is 0 Å². The molecule has 0 amide bonds. The van der Waals surface area contributed by atoms with Crippen LogP contribution in [0.3, 0.4) is 0 Å². The second-order valence-electron chi connectivity index (χ2n) is 9.57. The van der Waals surface area contributed by atoms with E-state index >= 15 is 0 Å². The molecule has 8 heteroatoms. The van der Waals surface area contributed by atoms with Crippen LogP contribution in [0.2, 0.25) is 0 Å². The van der Waals surface area contributed by atoms with E-state index in [4.69, 9.17) is 28.9 Å². The lowest BCUT2D eigenvalue weighted by Gasteiger charge is -2.28. The zero-order valence-corrected chi connectivity index (χ0v) is 21.5. The molecule has 186 valence electrons. The van der Waals surface area contributed by atoms with Gasteiger partial charge in [0.05, 0.1) is 25.8 Å². The summed E-state index contributed by atoms with van der Waals surface area (Å²) < 4.78 is 24.6. The van der Waals surface area contributed by atoms with E-state index in [1.807, 2.05) is 52.8 Å². The van der Waals surface area contributed by atoms with Crippen molar-refractivity contribution in [3.63, 3.8) is 0 Å². The Morgan fingerprint density at radius 1 is 1.09 bits per heavy atom. The summed E-state index contributed by atoms with van der Waals surface area (Å²) in [5.41, 5.74) is 0.981. The van der Waals surface area contributed by atoms with Gasteiger partial charge < -0.3 is 18.9 Å². The predicted octanol–water partition coefficient (Wildman–Crippen LogP) is 5.25. The third kappa shape index (κ3) is 5.54. The van der Waals surface area contributed by atoms with Crippen LogP contribution in [0.5, 0.6) is 5.75 Å². The summed E-state index contributed by atoms with van der Waals surface area (Å²) in [5.74, 6) is 2.09. The minimum Gasteiger partial charge on any atom is -0.496 e. The molecular formula is C26H37N3O5. The van der Waals surface area contributed by atoms with Gasteiger partial charge in [-0.15, -0.1) is 0 Å². The molecule has 0 fully saturated rings. The maximum atomic E-state index is 13.0. The SMILES string of the molecule is CCOC1=N[C@H](Cc2cn(C(=O)OC(C)(C)C)c3cccc(OC)c23)C(OCC)=N[C@H]1C(C)C. The highest BCUT2D eigenvalue weighted by molar-refractivity contribution is 5.98. The number of methoxy groups -OCH3 is 1. The van der Waals surface area contributed by atoms with Crippen molar-refractivity contribution in [1.29, 1.82) is 0 Å². The highest BCUT2D eigenvalue weighted by atomic mass is 16.6. The first-order chi connectivity index (χ1) is 16.1. The van der Waals surface area contributed by atoms with Crippen molar-refractivity contribution in [3.05, 3.63) is 30.0 Å². The number of hydrogen-bond acceptors (Lipinski definition) is 7. The van der Waals surface area contributed by atoms with Crippen LogP contribution in [0.25, 0.3) is 10.9 Å². The van der Waals surface area contributed by atoms with Crippen molar-refractivity contribution >= 4 is 28.8 Å². The summed E-state index contributed by atoms with van der Waals surface area (Å²) >= 11 is 0. The van der Waals surface area contributed by atoms with Gasteiger partial charge in [0, 0.05) is 18.0 Å². The zero-order valence-electron chi connectivity index (χ0n) is 21.5. The molecule has 0 unspecified atom stereocenters. The molecule has 1 aliphatic rings. The van der Waals surface area contributed by atoms with E-state index in [0.717, 1.165) is 10.9 Å². The van der Waals surface area contributed by atoms with Gasteiger partial charge >= 0.3 is 6.09 Å². The van der Waals surface area contributed by atoms with E-state index < -0.39 is 11.7 Å². The standard InChI is InChI=1S/C26H37N3O5/c1-9-32-23-18(27-24(33-10-2)22(28-23)16(3)4)14-17-15-29(25(30)34-26(5,6)7)19-12-11-13-20(31-8)21(17)19/h11-13,15-16,18,22H,9-10,14H2,1-8H3/t18-,22+/m1/s1. The number of ether oxygens (including phenoxy) is 4. The first-order valence-electron chi connectivity index (χ1n) is 11.9. The first kappa shape index (κ1) is 25.6. The fourth-order valence-corrected chi connectivity index (χ4v) is 4.01. The van der Waals surface area contributed by atoms with E-state index in [2.05, 4.69) is 13.8 Å². The monoisotopic (exact) mass is 471 g/mol. The number of aliphatic imine (C=N–C) groups is 2. The Morgan fingerprint density at radius 2 is 1.76 bits per heavy atom. The average Bonchev–Trinajstić information content (AvgIpc) is 3.13. The topological polar surface area (TPSA) is 83.6 Å². The number of nitrogens with zero attached hydrogens (tertiary/aromatic N) is 3. The first-order valence-corrected chi connectivity index (χ1v) is 11.9. The molecule has 1 aliphatic heterocycles. The van der Waals surface area contributed by atoms with Gasteiger partial charge in [-0.1, -0.05) is 19.9 Å². The minimum absolute atomic E-state index is 0.185. The highest BCUT2D eigenvalue weighted by Crippen LogP contribution is 2.33. The zero-order chi connectivity index (χ0) is 25.0. The third-order valence-electron chi connectivity index (χ3n) is 5.40. The van der Waals surface area contributed by atoms with Gasteiger partial charge in [-0.05, 0) is 58.2 Å². The van der Waals surface area contributed by atoms with Crippen LogP contribution in [0.4, 0.5) is 4.79 Å². The Labute approximate surface area is 202 Å². The summed E-state index contributed by atoms with van der Waals surface area (Å²) in [5, 5.41) is 0.839. The lowest BCUT2D eigenvalue weighted by Crippen LogP contribution is -2.39. The number of rotatable bonds is 6. The molecule has 34 heavy (non-hydrogen) atoms. The van der Waals surface area contributed by atoms with Gasteiger partial charge in [0.2, 0.25) is 11.8 Å². The summed E-state index contributed by atoms with van der Waals surface area (Å²) in [7, 11) is 1.62. The largest absolute Gasteiger partial charge is 0.496 e. The number of aromatic nitrogens is 1. The molecule has 2 aromatic rings. The lowest BCUT2D eigenvalue weighted by molar-refractivity contribution is 0.0544. The van der Waals surface area contributed by atoms with Crippen LogP contribution in [-0.2, 0) is 20.6 Å². The van der Waals surface area contributed by atoms with E-state index in [1.54, 1.807) is 13.3 Å². The maximum Gasteiger partial charge on any atom is 0.419 e. The maximum absolute atomic E-state index is 13.0. The van der Waals surface area contributed by atoms with Crippen LogP contribution < -0.4 is 4.74 Å². The highest BCUT2D eigenvalue weighted by Gasteiger charge is 2.33. The molecular weight excluding hydrogens is 434 g/mol. The lowest BCUT2D eigenvalue weighted by atomic mass is 10.00. The molecule has 2 heterocycles. The van der Waals surface area contributed by atoms with Gasteiger partial charge in [-0.2, -0.15) is 0 Å². The summed E-state index contributed by atoms with van der Waals surface area (Å²) in [4.78, 5) is 22.8. The van der Waals surface area contributed by atoms with Gasteiger partial charge in [-0.25, -0.2) is 14.8 Å². The molecule has 0 spiro atoms. The average molecular weight is 472 g/mol. The normalized spacial score (nSPS) is 18.5. The summed E-state index contributed by atoms with van der Waals surface area (Å²) in [6.45, 7) is 14.6. The minimum atomic E-state index is -0.618. The van der Waals surface area contributed by atoms with Crippen molar-refractivity contribution < 1.29 is 23.7 Å². The Balaban J connectivity index is 2.09. The number of hydrogen-bond donors (Lipinski definition) is 0. The predicted molar refractivity (Wildman–Crippen MR) is 134 cm³/mol. The Hall–Kier alpha value is -3.03. The molecule has 2 atom stereocenters. The molecule has 0 saturated carbocycles. The molecule has 0 bridgehead atoms.